The zero-order valence-electron chi connectivity index (χ0n) is 16.2. The third-order valence-electron chi connectivity index (χ3n) is 4.11. The second-order valence-corrected chi connectivity index (χ2v) is 8.24. The zero-order chi connectivity index (χ0) is 21.7. The number of hydrogen-bond donors (Lipinski definition) is 5. The van der Waals surface area contributed by atoms with Gasteiger partial charge in [0.15, 0.2) is 0 Å². The summed E-state index contributed by atoms with van der Waals surface area (Å²) < 4.78 is 17.1. The van der Waals surface area contributed by atoms with E-state index in [-0.39, 0.29) is 36.2 Å². The number of benzene rings is 1. The van der Waals surface area contributed by atoms with Gasteiger partial charge in [-0.3, -0.25) is 0 Å². The van der Waals surface area contributed by atoms with Crippen molar-refractivity contribution in [3.63, 3.8) is 0 Å². The average Bonchev–Trinajstić information content (AvgIpc) is 3.02. The van der Waals surface area contributed by atoms with Gasteiger partial charge in [0.25, 0.3) is 0 Å². The molecule has 1 unspecified atom stereocenters. The van der Waals surface area contributed by atoms with Gasteiger partial charge in [-0.15, -0.1) is 0 Å². The van der Waals surface area contributed by atoms with Gasteiger partial charge >= 0.3 is 164 Å². The third-order valence-corrected chi connectivity index (χ3v) is 4.71. The van der Waals surface area contributed by atoms with Crippen molar-refractivity contribution in [2.75, 3.05) is 39.0 Å². The third kappa shape index (κ3) is 5.30. The number of fused-ring (bicyclic) bond motifs is 1. The quantitative estimate of drug-likeness (QED) is 0.214. The van der Waals surface area contributed by atoms with E-state index in [0.717, 1.165) is 0 Å². The van der Waals surface area contributed by atoms with Crippen LogP contribution in [0, 0.1) is 0 Å². The number of imidazole rings is 1. The summed E-state index contributed by atoms with van der Waals surface area (Å²) in [6.45, 7) is 0.396. The fourth-order valence-corrected chi connectivity index (χ4v) is 3.22. The molecule has 0 aliphatic rings. The molecule has 0 saturated carbocycles. The Morgan fingerprint density at radius 1 is 1.10 bits per heavy atom. The molecule has 164 valence electrons. The standard InChI is InChI=1S/C17H24N5O7P/c1-27-7-8-29-16-20-14(18)13-15(21-16)22(17(23)19-13)12(9-28-10-30(24,25)26)11-5-3-2-4-6-11/h2-6,12,24-26,30H,7-10H2,1H3,(H,19,23)(H2,18,20,21). The molecule has 6 N–H and O–H groups in total. The van der Waals surface area contributed by atoms with E-state index in [1.54, 1.807) is 24.3 Å². The summed E-state index contributed by atoms with van der Waals surface area (Å²) in [5.41, 5.74) is 7.05. The molecule has 0 aliphatic heterocycles. The second kappa shape index (κ2) is 9.47. The Labute approximate surface area is 172 Å². The minimum atomic E-state index is -4.40. The van der Waals surface area contributed by atoms with Gasteiger partial charge < -0.3 is 0 Å². The van der Waals surface area contributed by atoms with Crippen molar-refractivity contribution in [2.24, 2.45) is 0 Å². The van der Waals surface area contributed by atoms with Gasteiger partial charge in [-0.25, -0.2) is 0 Å². The number of ether oxygens (including phenoxy) is 3. The number of nitrogen functional groups attached to an aromatic ring is 1. The Kier molecular flexibility index (Phi) is 6.98. The Bertz CT molecular complexity index is 980. The van der Waals surface area contributed by atoms with Crippen LogP contribution in [0.25, 0.3) is 11.2 Å². The molecule has 2 aromatic heterocycles. The summed E-state index contributed by atoms with van der Waals surface area (Å²) in [4.78, 5) is 40.1. The van der Waals surface area contributed by atoms with Gasteiger partial charge in [0.05, 0.1) is 0 Å². The van der Waals surface area contributed by atoms with Gasteiger partial charge in [-0.05, 0) is 0 Å². The molecular weight excluding hydrogens is 417 g/mol. The number of hydrogen-bond acceptors (Lipinski definition) is 11. The molecule has 0 bridgehead atoms. The van der Waals surface area contributed by atoms with Crippen molar-refractivity contribution in [3.05, 3.63) is 35.9 Å². The van der Waals surface area contributed by atoms with Gasteiger partial charge in [-0.2, -0.15) is 0 Å². The first-order valence-electron chi connectivity index (χ1n) is 8.96. The number of aromatic hydroxyl groups is 1. The van der Waals surface area contributed by atoms with Crippen LogP contribution in [0.4, 0.5) is 5.82 Å². The van der Waals surface area contributed by atoms with Crippen LogP contribution in [0.15, 0.2) is 30.3 Å². The molecule has 0 amide bonds. The van der Waals surface area contributed by atoms with Crippen molar-refractivity contribution in [2.45, 2.75) is 6.04 Å². The van der Waals surface area contributed by atoms with Crippen LogP contribution in [0.1, 0.15) is 11.6 Å². The topological polar surface area (TPSA) is 178 Å². The Balaban J connectivity index is 2.02. The van der Waals surface area contributed by atoms with Gasteiger partial charge in [-0.1, -0.05) is 0 Å². The number of methoxy groups -OCH3 is 1. The second-order valence-electron chi connectivity index (χ2n) is 6.40. The van der Waals surface area contributed by atoms with E-state index in [0.29, 0.717) is 12.2 Å². The number of nitrogens with two attached hydrogens (primary N) is 1. The molecule has 3 aromatic rings. The zero-order valence-corrected chi connectivity index (χ0v) is 17.2. The maximum absolute atomic E-state index is 10.5. The SMILES string of the molecule is COCCOc1nc(N)c2nc(O)n(C(COC[PH](O)(O)O)c3ccccc3)c2n1. The molecule has 13 heteroatoms. The molecule has 0 radical (unpaired) electrons. The Morgan fingerprint density at radius 3 is 2.50 bits per heavy atom. The molecule has 0 fully saturated rings. The predicted octanol–water partition coefficient (Wildman–Crippen LogP) is 0.175. The number of aromatic nitrogens is 4. The monoisotopic (exact) mass is 441 g/mol. The molecule has 12 nitrogen and oxygen atoms in total. The van der Waals surface area contributed by atoms with E-state index in [1.165, 1.54) is 11.7 Å². The van der Waals surface area contributed by atoms with Crippen LogP contribution in [-0.4, -0.2) is 72.6 Å². The summed E-state index contributed by atoms with van der Waals surface area (Å²) in [6.07, 6.45) is -0.633. The summed E-state index contributed by atoms with van der Waals surface area (Å²) in [5.74, 6) is 0.0155. The van der Waals surface area contributed by atoms with Crippen LogP contribution in [0.5, 0.6) is 12.0 Å². The predicted molar refractivity (Wildman–Crippen MR) is 109 cm³/mol. The van der Waals surface area contributed by atoms with E-state index < -0.39 is 26.3 Å². The number of anilines is 1. The Hall–Kier alpha value is -2.60. The van der Waals surface area contributed by atoms with Crippen molar-refractivity contribution in [1.82, 2.24) is 19.5 Å². The van der Waals surface area contributed by atoms with Gasteiger partial charge in [0, 0.05) is 7.11 Å². The average molecular weight is 441 g/mol. The van der Waals surface area contributed by atoms with E-state index in [2.05, 4.69) is 15.0 Å². The maximum atomic E-state index is 10.5. The van der Waals surface area contributed by atoms with Crippen molar-refractivity contribution in [3.8, 4) is 12.0 Å². The van der Waals surface area contributed by atoms with E-state index in [9.17, 15) is 19.8 Å². The van der Waals surface area contributed by atoms with Crippen molar-refractivity contribution < 1.29 is 34.0 Å². The van der Waals surface area contributed by atoms with Crippen LogP contribution in [0.3, 0.4) is 0 Å². The molecule has 30 heavy (non-hydrogen) atoms. The van der Waals surface area contributed by atoms with Crippen LogP contribution in [-0.2, 0) is 9.47 Å². The summed E-state index contributed by atoms with van der Waals surface area (Å²) in [6, 6.07) is 7.92. The van der Waals surface area contributed by atoms with E-state index in [1.807, 2.05) is 6.07 Å². The first-order chi connectivity index (χ1) is 14.3. The fraction of sp³-hybridized carbons (Fsp3) is 0.353. The molecule has 0 spiro atoms. The van der Waals surface area contributed by atoms with Crippen LogP contribution < -0.4 is 10.5 Å². The van der Waals surface area contributed by atoms with Crippen molar-refractivity contribution >= 4 is 24.9 Å². The van der Waals surface area contributed by atoms with E-state index >= 15 is 0 Å². The van der Waals surface area contributed by atoms with E-state index in [4.69, 9.17) is 19.9 Å². The normalized spacial score (nSPS) is 13.5. The molecule has 2 heterocycles. The first-order valence-corrected chi connectivity index (χ1v) is 11.0. The van der Waals surface area contributed by atoms with Crippen LogP contribution >= 0.6 is 7.94 Å². The molecule has 3 rings (SSSR count). The molecular formula is C17H24N5O7P. The van der Waals surface area contributed by atoms with Crippen LogP contribution in [0.2, 0.25) is 0 Å². The Morgan fingerprint density at radius 2 is 1.83 bits per heavy atom. The number of nitrogens with zero attached hydrogens (tertiary/aromatic N) is 4. The van der Waals surface area contributed by atoms with Gasteiger partial charge in [0.1, 0.15) is 0 Å². The minimum absolute atomic E-state index is 0.0153. The fourth-order valence-electron chi connectivity index (χ4n) is 2.83. The number of rotatable bonds is 10. The van der Waals surface area contributed by atoms with Crippen molar-refractivity contribution in [1.29, 1.82) is 0 Å². The summed E-state index contributed by atoms with van der Waals surface area (Å²) in [5, 5.41) is 10.5. The molecule has 0 saturated heterocycles. The first kappa shape index (κ1) is 22.1. The van der Waals surface area contributed by atoms with Gasteiger partial charge in [0.2, 0.25) is 0 Å². The molecule has 1 aromatic carbocycles. The molecule has 0 aliphatic carbocycles. The summed E-state index contributed by atoms with van der Waals surface area (Å²) >= 11 is 0. The summed E-state index contributed by atoms with van der Waals surface area (Å²) in [7, 11) is -2.87. The molecule has 1 atom stereocenters.